The zero-order valence-electron chi connectivity index (χ0n) is 29.0. The molecule has 256 valence electrons. The largest absolute Gasteiger partial charge is 0.435 e. The summed E-state index contributed by atoms with van der Waals surface area (Å²) in [6.45, 7) is 0. The van der Waals surface area contributed by atoms with Crippen molar-refractivity contribution in [2.75, 3.05) is 0 Å². The second-order valence-corrected chi connectivity index (χ2v) is 16.0. The van der Waals surface area contributed by atoms with Gasteiger partial charge < -0.3 is 4.42 Å². The first-order valence-electron chi connectivity index (χ1n) is 18.1. The minimum atomic E-state index is 0.621. The highest BCUT2D eigenvalue weighted by molar-refractivity contribution is 7.26. The first-order valence-corrected chi connectivity index (χ1v) is 19.8. The Morgan fingerprint density at radius 2 is 1.00 bits per heavy atom. The third kappa shape index (κ3) is 4.84. The van der Waals surface area contributed by atoms with Crippen LogP contribution in [0.4, 0.5) is 0 Å². The lowest BCUT2D eigenvalue weighted by Gasteiger charge is -2.11. The van der Waals surface area contributed by atoms with Crippen LogP contribution < -0.4 is 0 Å². The van der Waals surface area contributed by atoms with Gasteiger partial charge in [-0.3, -0.25) is 0 Å². The number of oxazole rings is 1. The molecule has 0 fully saturated rings. The number of rotatable bonds is 4. The predicted molar refractivity (Wildman–Crippen MR) is 230 cm³/mol. The van der Waals surface area contributed by atoms with Gasteiger partial charge >= 0.3 is 0 Å². The van der Waals surface area contributed by atoms with E-state index in [9.17, 15) is 0 Å². The van der Waals surface area contributed by atoms with Crippen LogP contribution in [0, 0.1) is 0 Å². The minimum Gasteiger partial charge on any atom is -0.435 e. The molecule has 0 radical (unpaired) electrons. The molecule has 0 aliphatic carbocycles. The van der Waals surface area contributed by atoms with Crippen molar-refractivity contribution in [1.82, 2.24) is 19.9 Å². The van der Waals surface area contributed by atoms with E-state index in [1.54, 1.807) is 11.3 Å². The van der Waals surface area contributed by atoms with Gasteiger partial charge in [0.15, 0.2) is 23.1 Å². The van der Waals surface area contributed by atoms with Crippen molar-refractivity contribution in [2.45, 2.75) is 0 Å². The maximum absolute atomic E-state index is 6.58. The average molecular weight is 739 g/mol. The van der Waals surface area contributed by atoms with Crippen LogP contribution in [-0.2, 0) is 0 Å². The van der Waals surface area contributed by atoms with Gasteiger partial charge in [0.1, 0.15) is 5.52 Å². The summed E-state index contributed by atoms with van der Waals surface area (Å²) in [5.74, 6) is 2.53. The molecule has 0 amide bonds. The van der Waals surface area contributed by atoms with Gasteiger partial charge in [-0.05, 0) is 82.2 Å². The van der Waals surface area contributed by atoms with Crippen molar-refractivity contribution in [2.24, 2.45) is 0 Å². The Bertz CT molecular complexity index is 3500. The van der Waals surface area contributed by atoms with Crippen LogP contribution in [0.5, 0.6) is 0 Å². The van der Waals surface area contributed by atoms with Gasteiger partial charge in [0.25, 0.3) is 0 Å². The monoisotopic (exact) mass is 738 g/mol. The molecule has 12 rings (SSSR count). The fourth-order valence-corrected chi connectivity index (χ4v) is 10.1. The van der Waals surface area contributed by atoms with Gasteiger partial charge in [-0.25, -0.2) is 19.9 Å². The quantitative estimate of drug-likeness (QED) is 0.180. The summed E-state index contributed by atoms with van der Waals surface area (Å²) in [5.41, 5.74) is 5.45. The van der Waals surface area contributed by atoms with Crippen molar-refractivity contribution < 1.29 is 4.42 Å². The zero-order valence-corrected chi connectivity index (χ0v) is 30.7. The second kappa shape index (κ2) is 11.9. The maximum Gasteiger partial charge on any atom is 0.227 e. The van der Waals surface area contributed by atoms with E-state index in [-0.39, 0.29) is 0 Å². The summed E-state index contributed by atoms with van der Waals surface area (Å²) in [4.78, 5) is 20.6. The lowest BCUT2D eigenvalue weighted by Crippen LogP contribution is -2.00. The SMILES string of the molecule is c1ccc(-c2nc3ccc4sc5ccc6ccc(-c7nc(-c8ccc9sc%10ccccc%10c9c8)nc(-c8cccc9ccccc89)n7)cc6c5c4c3o2)cc1. The molecule has 0 saturated heterocycles. The predicted octanol–water partition coefficient (Wildman–Crippen LogP) is 13.7. The van der Waals surface area contributed by atoms with Gasteiger partial charge in [-0.2, -0.15) is 0 Å². The molecule has 0 aliphatic rings. The van der Waals surface area contributed by atoms with Crippen LogP contribution in [0.2, 0.25) is 0 Å². The molecule has 7 heteroatoms. The van der Waals surface area contributed by atoms with Gasteiger partial charge in [0.2, 0.25) is 5.89 Å². The number of hydrogen-bond acceptors (Lipinski definition) is 7. The Morgan fingerprint density at radius 1 is 0.382 bits per heavy atom. The minimum absolute atomic E-state index is 0.621. The highest BCUT2D eigenvalue weighted by Crippen LogP contribution is 2.44. The third-order valence-electron chi connectivity index (χ3n) is 10.6. The van der Waals surface area contributed by atoms with Crippen LogP contribution in [0.1, 0.15) is 0 Å². The summed E-state index contributed by atoms with van der Waals surface area (Å²) in [5, 5.41) is 9.17. The number of aromatic nitrogens is 4. The molecule has 0 spiro atoms. The van der Waals surface area contributed by atoms with Gasteiger partial charge in [0.05, 0.1) is 0 Å². The molecule has 0 atom stereocenters. The number of hydrogen-bond donors (Lipinski definition) is 0. The van der Waals surface area contributed by atoms with Gasteiger partial charge in [-0.15, -0.1) is 22.7 Å². The van der Waals surface area contributed by atoms with Crippen molar-refractivity contribution in [3.8, 4) is 45.6 Å². The van der Waals surface area contributed by atoms with E-state index in [0.717, 1.165) is 70.4 Å². The maximum atomic E-state index is 6.58. The van der Waals surface area contributed by atoms with E-state index in [4.69, 9.17) is 24.4 Å². The van der Waals surface area contributed by atoms with Crippen molar-refractivity contribution in [3.63, 3.8) is 0 Å². The summed E-state index contributed by atoms with van der Waals surface area (Å²) in [6, 6.07) is 55.1. The lowest BCUT2D eigenvalue weighted by molar-refractivity contribution is 0.623. The second-order valence-electron chi connectivity index (χ2n) is 13.8. The number of thiophene rings is 2. The summed E-state index contributed by atoms with van der Waals surface area (Å²) < 4.78 is 11.4. The third-order valence-corrected chi connectivity index (χ3v) is 12.8. The fraction of sp³-hybridized carbons (Fsp3) is 0. The van der Waals surface area contributed by atoms with Crippen molar-refractivity contribution in [1.29, 1.82) is 0 Å². The molecular weight excluding hydrogens is 713 g/mol. The Balaban J connectivity index is 1.10. The van der Waals surface area contributed by atoms with E-state index >= 15 is 0 Å². The van der Waals surface area contributed by atoms with Crippen LogP contribution >= 0.6 is 22.7 Å². The van der Waals surface area contributed by atoms with Crippen LogP contribution in [0.25, 0.3) is 119 Å². The molecule has 0 unspecified atom stereocenters. The summed E-state index contributed by atoms with van der Waals surface area (Å²) >= 11 is 3.58. The number of nitrogens with zero attached hydrogens (tertiary/aromatic N) is 4. The molecule has 4 heterocycles. The molecular formula is C48H26N4OS2. The standard InChI is InChI=1S/C48H26N4OS2/c1-2-10-29(11-3-1)48-49-37-21-24-41-43(44(37)53-48)42-35-25-30(18-17-28(35)19-23-40(42)55-41)45-50-46(31-20-22-39-36(26-31)33-14-6-7-16-38(33)54-39)52-47(51-45)34-15-8-12-27-9-4-5-13-32(27)34/h1-26H. The van der Waals surface area contributed by atoms with Crippen LogP contribution in [0.15, 0.2) is 162 Å². The zero-order chi connectivity index (χ0) is 36.0. The summed E-state index contributed by atoms with van der Waals surface area (Å²) in [7, 11) is 0. The normalized spacial score (nSPS) is 12.0. The van der Waals surface area contributed by atoms with Crippen LogP contribution in [-0.4, -0.2) is 19.9 Å². The first kappa shape index (κ1) is 30.6. The molecule has 0 saturated carbocycles. The van der Waals surface area contributed by atoms with Gasteiger partial charge in [0, 0.05) is 62.6 Å². The molecule has 0 N–H and O–H groups in total. The van der Waals surface area contributed by atoms with Crippen LogP contribution in [0.3, 0.4) is 0 Å². The molecule has 55 heavy (non-hydrogen) atoms. The number of fused-ring (bicyclic) bond motifs is 11. The molecule has 5 nitrogen and oxygen atoms in total. The fourth-order valence-electron chi connectivity index (χ4n) is 7.94. The van der Waals surface area contributed by atoms with E-state index < -0.39 is 0 Å². The lowest BCUT2D eigenvalue weighted by atomic mass is 10.0. The Morgan fingerprint density at radius 3 is 1.89 bits per heavy atom. The smallest absolute Gasteiger partial charge is 0.227 e. The highest BCUT2D eigenvalue weighted by Gasteiger charge is 2.20. The van der Waals surface area contributed by atoms with E-state index in [2.05, 4.69) is 127 Å². The molecule has 8 aromatic carbocycles. The highest BCUT2D eigenvalue weighted by atomic mass is 32.1. The molecule has 4 aromatic heterocycles. The van der Waals surface area contributed by atoms with E-state index in [1.165, 1.54) is 24.9 Å². The van der Waals surface area contributed by atoms with Crippen molar-refractivity contribution in [3.05, 3.63) is 158 Å². The number of benzene rings is 8. The van der Waals surface area contributed by atoms with E-state index in [0.29, 0.717) is 23.4 Å². The molecule has 0 bridgehead atoms. The molecule has 12 aromatic rings. The molecule has 0 aliphatic heterocycles. The van der Waals surface area contributed by atoms with E-state index in [1.807, 2.05) is 41.7 Å². The topological polar surface area (TPSA) is 64.7 Å². The van der Waals surface area contributed by atoms with Crippen molar-refractivity contribution >= 4 is 95.7 Å². The average Bonchev–Trinajstić information content (AvgIpc) is 3.97. The van der Waals surface area contributed by atoms with Gasteiger partial charge in [-0.1, -0.05) is 97.1 Å². The first-order chi connectivity index (χ1) is 27.2. The Labute approximate surface area is 321 Å². The summed E-state index contributed by atoms with van der Waals surface area (Å²) in [6.07, 6.45) is 0. The Kier molecular flexibility index (Phi) is 6.60. The Hall–Kier alpha value is -6.80.